The summed E-state index contributed by atoms with van der Waals surface area (Å²) in [6.07, 6.45) is 3.41. The standard InChI is InChI=1S/C14H14ClN5O/c1-20-9-18-11-8-17-14(19-13(11)20)16-6-7-21-12-5-3-2-4-10(12)15/h2-5,8-9H,6-7H2,1H3,(H,16,17,19). The van der Waals surface area contributed by atoms with Gasteiger partial charge in [-0.3, -0.25) is 0 Å². The van der Waals surface area contributed by atoms with Crippen LogP contribution in [0.5, 0.6) is 5.75 Å². The van der Waals surface area contributed by atoms with Crippen LogP contribution < -0.4 is 10.1 Å². The maximum atomic E-state index is 6.01. The topological polar surface area (TPSA) is 64.9 Å². The normalized spacial score (nSPS) is 10.8. The third-order valence-electron chi connectivity index (χ3n) is 2.93. The number of hydrogen-bond acceptors (Lipinski definition) is 5. The largest absolute Gasteiger partial charge is 0.490 e. The fourth-order valence-corrected chi connectivity index (χ4v) is 2.08. The van der Waals surface area contributed by atoms with Crippen LogP contribution in [-0.4, -0.2) is 32.7 Å². The first kappa shape index (κ1) is 13.6. The molecule has 0 saturated carbocycles. The van der Waals surface area contributed by atoms with E-state index in [1.165, 1.54) is 0 Å². The van der Waals surface area contributed by atoms with Gasteiger partial charge in [0.1, 0.15) is 17.9 Å². The van der Waals surface area contributed by atoms with Crippen molar-refractivity contribution in [1.82, 2.24) is 19.5 Å². The first-order chi connectivity index (χ1) is 10.2. The average Bonchev–Trinajstić information content (AvgIpc) is 2.86. The predicted molar refractivity (Wildman–Crippen MR) is 81.7 cm³/mol. The average molecular weight is 304 g/mol. The van der Waals surface area contributed by atoms with E-state index in [0.29, 0.717) is 29.9 Å². The van der Waals surface area contributed by atoms with Crippen molar-refractivity contribution in [3.05, 3.63) is 41.8 Å². The molecule has 108 valence electrons. The molecule has 0 bridgehead atoms. The third-order valence-corrected chi connectivity index (χ3v) is 3.25. The van der Waals surface area contributed by atoms with Gasteiger partial charge < -0.3 is 14.6 Å². The Morgan fingerprint density at radius 1 is 1.29 bits per heavy atom. The quantitative estimate of drug-likeness (QED) is 0.734. The number of anilines is 1. The second-order valence-electron chi connectivity index (χ2n) is 4.46. The number of ether oxygens (including phenoxy) is 1. The van der Waals surface area contributed by atoms with Crippen LogP contribution in [0.3, 0.4) is 0 Å². The SMILES string of the molecule is Cn1cnc2cnc(NCCOc3ccccc3Cl)nc21. The molecule has 21 heavy (non-hydrogen) atoms. The number of halogens is 1. The van der Waals surface area contributed by atoms with Gasteiger partial charge in [0.05, 0.1) is 24.1 Å². The molecule has 6 nitrogen and oxygen atoms in total. The van der Waals surface area contributed by atoms with Crippen LogP contribution in [0.25, 0.3) is 11.2 Å². The van der Waals surface area contributed by atoms with Gasteiger partial charge in [0.25, 0.3) is 0 Å². The highest BCUT2D eigenvalue weighted by molar-refractivity contribution is 6.32. The molecule has 0 aliphatic carbocycles. The number of nitrogens with zero attached hydrogens (tertiary/aromatic N) is 4. The summed E-state index contributed by atoms with van der Waals surface area (Å²) in [5.74, 6) is 1.22. The molecule has 0 radical (unpaired) electrons. The van der Waals surface area contributed by atoms with Crippen LogP contribution in [-0.2, 0) is 7.05 Å². The molecule has 0 unspecified atom stereocenters. The van der Waals surface area contributed by atoms with Crippen molar-refractivity contribution in [2.45, 2.75) is 0 Å². The number of imidazole rings is 1. The lowest BCUT2D eigenvalue weighted by Gasteiger charge is -2.08. The summed E-state index contributed by atoms with van der Waals surface area (Å²) in [5.41, 5.74) is 1.56. The Bertz CT molecular complexity index is 758. The summed E-state index contributed by atoms with van der Waals surface area (Å²) in [5, 5.41) is 3.71. The van der Waals surface area contributed by atoms with Gasteiger partial charge >= 0.3 is 0 Å². The predicted octanol–water partition coefficient (Wildman–Crippen LogP) is 2.51. The van der Waals surface area contributed by atoms with Crippen molar-refractivity contribution in [3.8, 4) is 5.75 Å². The van der Waals surface area contributed by atoms with E-state index >= 15 is 0 Å². The Hall–Kier alpha value is -2.34. The second kappa shape index (κ2) is 5.97. The van der Waals surface area contributed by atoms with Crippen LogP contribution in [0.15, 0.2) is 36.8 Å². The van der Waals surface area contributed by atoms with Crippen molar-refractivity contribution in [2.75, 3.05) is 18.5 Å². The molecule has 2 heterocycles. The number of benzene rings is 1. The summed E-state index contributed by atoms with van der Waals surface area (Å²) in [6.45, 7) is 1.05. The van der Waals surface area contributed by atoms with E-state index < -0.39 is 0 Å². The molecule has 0 fully saturated rings. The number of hydrogen-bond donors (Lipinski definition) is 1. The molecule has 2 aromatic heterocycles. The number of para-hydroxylation sites is 1. The van der Waals surface area contributed by atoms with E-state index in [1.807, 2.05) is 29.8 Å². The lowest BCUT2D eigenvalue weighted by atomic mass is 10.3. The number of rotatable bonds is 5. The smallest absolute Gasteiger partial charge is 0.224 e. The highest BCUT2D eigenvalue weighted by atomic mass is 35.5. The van der Waals surface area contributed by atoms with Crippen LogP contribution in [0, 0.1) is 0 Å². The van der Waals surface area contributed by atoms with E-state index in [4.69, 9.17) is 16.3 Å². The van der Waals surface area contributed by atoms with Gasteiger partial charge in [0.2, 0.25) is 5.95 Å². The molecule has 1 N–H and O–H groups in total. The summed E-state index contributed by atoms with van der Waals surface area (Å²) < 4.78 is 7.44. The minimum Gasteiger partial charge on any atom is -0.490 e. The fourth-order valence-electron chi connectivity index (χ4n) is 1.89. The molecule has 0 amide bonds. The Kier molecular flexibility index (Phi) is 3.87. The first-order valence-corrected chi connectivity index (χ1v) is 6.87. The summed E-state index contributed by atoms with van der Waals surface area (Å²) in [4.78, 5) is 12.8. The zero-order valence-electron chi connectivity index (χ0n) is 11.5. The van der Waals surface area contributed by atoms with Crippen molar-refractivity contribution in [3.63, 3.8) is 0 Å². The number of nitrogens with one attached hydrogen (secondary N) is 1. The van der Waals surface area contributed by atoms with Crippen LogP contribution in [0.1, 0.15) is 0 Å². The number of aryl methyl sites for hydroxylation is 1. The Balaban J connectivity index is 1.57. The van der Waals surface area contributed by atoms with E-state index in [2.05, 4.69) is 20.3 Å². The molecule has 7 heteroatoms. The van der Waals surface area contributed by atoms with E-state index in [9.17, 15) is 0 Å². The maximum absolute atomic E-state index is 6.01. The van der Waals surface area contributed by atoms with Crippen molar-refractivity contribution < 1.29 is 4.74 Å². The third kappa shape index (κ3) is 3.05. The minimum atomic E-state index is 0.469. The molecular formula is C14H14ClN5O. The second-order valence-corrected chi connectivity index (χ2v) is 4.87. The summed E-state index contributed by atoms with van der Waals surface area (Å²) in [6, 6.07) is 7.38. The molecule has 3 aromatic rings. The zero-order chi connectivity index (χ0) is 14.7. The molecule has 0 aliphatic heterocycles. The molecule has 0 spiro atoms. The molecule has 0 atom stereocenters. The lowest BCUT2D eigenvalue weighted by molar-refractivity contribution is 0.333. The molecule has 3 rings (SSSR count). The molecule has 0 aliphatic rings. The molecule has 0 saturated heterocycles. The highest BCUT2D eigenvalue weighted by Crippen LogP contribution is 2.22. The monoisotopic (exact) mass is 303 g/mol. The van der Waals surface area contributed by atoms with Gasteiger partial charge in [0, 0.05) is 7.05 Å². The number of fused-ring (bicyclic) bond motifs is 1. The highest BCUT2D eigenvalue weighted by Gasteiger charge is 2.04. The van der Waals surface area contributed by atoms with Crippen LogP contribution in [0.4, 0.5) is 5.95 Å². The van der Waals surface area contributed by atoms with Gasteiger partial charge in [-0.15, -0.1) is 0 Å². The Morgan fingerprint density at radius 3 is 3.00 bits per heavy atom. The lowest BCUT2D eigenvalue weighted by Crippen LogP contribution is -2.13. The van der Waals surface area contributed by atoms with E-state index in [-0.39, 0.29) is 0 Å². The van der Waals surface area contributed by atoms with Crippen molar-refractivity contribution in [1.29, 1.82) is 0 Å². The van der Waals surface area contributed by atoms with Crippen LogP contribution >= 0.6 is 11.6 Å². The number of aromatic nitrogens is 4. The van der Waals surface area contributed by atoms with Gasteiger partial charge in [0.15, 0.2) is 5.65 Å². The molecular weight excluding hydrogens is 290 g/mol. The Labute approximate surface area is 126 Å². The van der Waals surface area contributed by atoms with Gasteiger partial charge in [-0.05, 0) is 12.1 Å². The maximum Gasteiger partial charge on any atom is 0.224 e. The van der Waals surface area contributed by atoms with Crippen molar-refractivity contribution >= 4 is 28.7 Å². The fraction of sp³-hybridized carbons (Fsp3) is 0.214. The zero-order valence-corrected chi connectivity index (χ0v) is 12.2. The van der Waals surface area contributed by atoms with E-state index in [0.717, 1.165) is 11.2 Å². The molecule has 1 aromatic carbocycles. The minimum absolute atomic E-state index is 0.469. The van der Waals surface area contributed by atoms with Gasteiger partial charge in [-0.25, -0.2) is 9.97 Å². The van der Waals surface area contributed by atoms with Gasteiger partial charge in [-0.2, -0.15) is 4.98 Å². The van der Waals surface area contributed by atoms with E-state index in [1.54, 1.807) is 18.6 Å². The van der Waals surface area contributed by atoms with Crippen LogP contribution in [0.2, 0.25) is 5.02 Å². The summed E-state index contributed by atoms with van der Waals surface area (Å²) >= 11 is 6.01. The summed E-state index contributed by atoms with van der Waals surface area (Å²) in [7, 11) is 1.90. The van der Waals surface area contributed by atoms with Crippen molar-refractivity contribution in [2.24, 2.45) is 7.05 Å². The van der Waals surface area contributed by atoms with Gasteiger partial charge in [-0.1, -0.05) is 23.7 Å². The first-order valence-electron chi connectivity index (χ1n) is 6.49. The Morgan fingerprint density at radius 2 is 2.14 bits per heavy atom.